The number of methoxy groups -OCH3 is 2. The molecule has 1 aromatic heterocycles. The molecule has 0 spiro atoms. The van der Waals surface area contributed by atoms with Crippen LogP contribution in [0.5, 0.6) is 11.5 Å². The van der Waals surface area contributed by atoms with Gasteiger partial charge in [-0.2, -0.15) is 0 Å². The van der Waals surface area contributed by atoms with Crippen molar-refractivity contribution >= 4 is 29.3 Å². The van der Waals surface area contributed by atoms with Gasteiger partial charge in [0, 0.05) is 5.69 Å². The molecule has 0 radical (unpaired) electrons. The maximum absolute atomic E-state index is 12.9. The molecule has 38 heavy (non-hydrogen) atoms. The first-order valence-corrected chi connectivity index (χ1v) is 12.9. The molecular formula is C28H29N5O4S. The summed E-state index contributed by atoms with van der Waals surface area (Å²) in [5.74, 6) is 1.21. The zero-order valence-corrected chi connectivity index (χ0v) is 22.5. The molecule has 0 saturated carbocycles. The van der Waals surface area contributed by atoms with Crippen molar-refractivity contribution in [2.75, 3.05) is 25.3 Å². The number of hydrogen-bond acceptors (Lipinski definition) is 7. The molecule has 2 amide bonds. The van der Waals surface area contributed by atoms with E-state index >= 15 is 0 Å². The highest BCUT2D eigenvalue weighted by molar-refractivity contribution is 7.99. The SMILES string of the molecule is COc1ccccc1C(=O)NCc1nnc(SCC(=O)Nc2cc(C)ccc2C)n1-c1ccccc1OC. The first-order chi connectivity index (χ1) is 18.4. The highest BCUT2D eigenvalue weighted by Gasteiger charge is 2.20. The lowest BCUT2D eigenvalue weighted by Crippen LogP contribution is -2.25. The van der Waals surface area contributed by atoms with Gasteiger partial charge in [0.1, 0.15) is 11.5 Å². The molecule has 0 bridgehead atoms. The van der Waals surface area contributed by atoms with E-state index in [-0.39, 0.29) is 24.1 Å². The summed E-state index contributed by atoms with van der Waals surface area (Å²) in [6.07, 6.45) is 0. The molecule has 0 fully saturated rings. The lowest BCUT2D eigenvalue weighted by atomic mass is 10.1. The van der Waals surface area contributed by atoms with Crippen LogP contribution in [0, 0.1) is 13.8 Å². The molecule has 2 N–H and O–H groups in total. The minimum absolute atomic E-state index is 0.0944. The smallest absolute Gasteiger partial charge is 0.255 e. The number of nitrogens with zero attached hydrogens (tertiary/aromatic N) is 3. The number of aryl methyl sites for hydroxylation is 2. The largest absolute Gasteiger partial charge is 0.496 e. The molecule has 3 aromatic carbocycles. The Morgan fingerprint density at radius 2 is 1.63 bits per heavy atom. The van der Waals surface area contributed by atoms with Crippen molar-refractivity contribution in [3.63, 3.8) is 0 Å². The summed E-state index contributed by atoms with van der Waals surface area (Å²) in [5.41, 5.74) is 3.94. The monoisotopic (exact) mass is 531 g/mol. The molecule has 0 aliphatic carbocycles. The fraction of sp³-hybridized carbons (Fsp3) is 0.214. The Kier molecular flexibility index (Phi) is 8.65. The van der Waals surface area contributed by atoms with Gasteiger partial charge >= 0.3 is 0 Å². The first-order valence-electron chi connectivity index (χ1n) is 11.9. The maximum Gasteiger partial charge on any atom is 0.255 e. The summed E-state index contributed by atoms with van der Waals surface area (Å²) in [5, 5.41) is 15.0. The number of para-hydroxylation sites is 3. The number of thioether (sulfide) groups is 1. The van der Waals surface area contributed by atoms with Crippen LogP contribution < -0.4 is 20.1 Å². The van der Waals surface area contributed by atoms with E-state index in [0.29, 0.717) is 33.7 Å². The van der Waals surface area contributed by atoms with Gasteiger partial charge in [0.2, 0.25) is 5.91 Å². The van der Waals surface area contributed by atoms with Crippen molar-refractivity contribution in [3.8, 4) is 17.2 Å². The Morgan fingerprint density at radius 1 is 0.921 bits per heavy atom. The predicted molar refractivity (Wildman–Crippen MR) is 147 cm³/mol. The number of aromatic nitrogens is 3. The van der Waals surface area contributed by atoms with Gasteiger partial charge in [0.15, 0.2) is 11.0 Å². The van der Waals surface area contributed by atoms with Crippen molar-refractivity contribution in [2.45, 2.75) is 25.5 Å². The molecule has 0 aliphatic heterocycles. The Morgan fingerprint density at radius 3 is 2.39 bits per heavy atom. The Hall–Kier alpha value is -4.31. The number of amides is 2. The van der Waals surface area contributed by atoms with Gasteiger partial charge in [-0.15, -0.1) is 10.2 Å². The fourth-order valence-electron chi connectivity index (χ4n) is 3.84. The zero-order valence-electron chi connectivity index (χ0n) is 21.6. The van der Waals surface area contributed by atoms with E-state index in [4.69, 9.17) is 9.47 Å². The average molecular weight is 532 g/mol. The van der Waals surface area contributed by atoms with Crippen LogP contribution in [0.2, 0.25) is 0 Å². The standard InChI is InChI=1S/C28H29N5O4S/c1-18-13-14-19(2)21(15-18)30-26(34)17-38-28-32-31-25(33(28)22-10-6-8-12-24(22)37-4)16-29-27(35)20-9-5-7-11-23(20)36-3/h5-15H,16-17H2,1-4H3,(H,29,35)(H,30,34). The van der Waals surface area contributed by atoms with E-state index < -0.39 is 0 Å². The van der Waals surface area contributed by atoms with Crippen LogP contribution in [-0.2, 0) is 11.3 Å². The number of rotatable bonds is 10. The third-order valence-corrected chi connectivity index (χ3v) is 6.71. The molecule has 4 aromatic rings. The van der Waals surface area contributed by atoms with Crippen LogP contribution in [0.15, 0.2) is 71.9 Å². The second-order valence-electron chi connectivity index (χ2n) is 8.44. The first kappa shape index (κ1) is 26.7. The molecule has 0 atom stereocenters. The quantitative estimate of drug-likeness (QED) is 0.289. The second-order valence-corrected chi connectivity index (χ2v) is 9.39. The number of nitrogens with one attached hydrogen (secondary N) is 2. The van der Waals surface area contributed by atoms with Crippen LogP contribution in [0.4, 0.5) is 5.69 Å². The fourth-order valence-corrected chi connectivity index (χ4v) is 4.60. The summed E-state index contributed by atoms with van der Waals surface area (Å²) >= 11 is 1.25. The molecule has 0 aliphatic rings. The van der Waals surface area contributed by atoms with Crippen molar-refractivity contribution in [1.29, 1.82) is 0 Å². The summed E-state index contributed by atoms with van der Waals surface area (Å²) in [6.45, 7) is 4.02. The van der Waals surface area contributed by atoms with Crippen LogP contribution in [0.1, 0.15) is 27.3 Å². The molecule has 10 heteroatoms. The van der Waals surface area contributed by atoms with E-state index in [1.165, 1.54) is 18.9 Å². The number of ether oxygens (including phenoxy) is 2. The minimum Gasteiger partial charge on any atom is -0.496 e. The van der Waals surface area contributed by atoms with Gasteiger partial charge in [-0.1, -0.05) is 48.2 Å². The Balaban J connectivity index is 1.56. The highest BCUT2D eigenvalue weighted by Crippen LogP contribution is 2.29. The number of benzene rings is 3. The van der Waals surface area contributed by atoms with Crippen molar-refractivity contribution in [2.24, 2.45) is 0 Å². The normalized spacial score (nSPS) is 10.6. The molecule has 1 heterocycles. The Labute approximate surface area is 225 Å². The van der Waals surface area contributed by atoms with Gasteiger partial charge in [0.25, 0.3) is 5.91 Å². The van der Waals surface area contributed by atoms with E-state index in [0.717, 1.165) is 16.8 Å². The maximum atomic E-state index is 12.9. The van der Waals surface area contributed by atoms with Crippen LogP contribution >= 0.6 is 11.8 Å². The Bertz CT molecular complexity index is 1450. The summed E-state index contributed by atoms with van der Waals surface area (Å²) in [7, 11) is 3.10. The number of carbonyl (C=O) groups excluding carboxylic acids is 2. The third kappa shape index (κ3) is 6.15. The number of carbonyl (C=O) groups is 2. The lowest BCUT2D eigenvalue weighted by Gasteiger charge is -2.14. The van der Waals surface area contributed by atoms with E-state index in [9.17, 15) is 9.59 Å². The van der Waals surface area contributed by atoms with Crippen LogP contribution in [0.25, 0.3) is 5.69 Å². The molecule has 196 valence electrons. The predicted octanol–water partition coefficient (Wildman–Crippen LogP) is 4.56. The number of hydrogen-bond donors (Lipinski definition) is 2. The van der Waals surface area contributed by atoms with Gasteiger partial charge in [-0.05, 0) is 55.3 Å². The summed E-state index contributed by atoms with van der Waals surface area (Å²) in [6, 6.07) is 20.3. The van der Waals surface area contributed by atoms with E-state index in [1.807, 2.05) is 56.3 Å². The molecule has 9 nitrogen and oxygen atoms in total. The minimum atomic E-state index is -0.306. The highest BCUT2D eigenvalue weighted by atomic mass is 32.2. The molecule has 0 saturated heterocycles. The molecular weight excluding hydrogens is 502 g/mol. The van der Waals surface area contributed by atoms with E-state index in [2.05, 4.69) is 20.8 Å². The molecule has 4 rings (SSSR count). The number of anilines is 1. The van der Waals surface area contributed by atoms with Crippen molar-refractivity contribution in [1.82, 2.24) is 20.1 Å². The third-order valence-electron chi connectivity index (χ3n) is 5.78. The lowest BCUT2D eigenvalue weighted by molar-refractivity contribution is -0.113. The van der Waals surface area contributed by atoms with Crippen LogP contribution in [-0.4, -0.2) is 46.6 Å². The van der Waals surface area contributed by atoms with Crippen LogP contribution in [0.3, 0.4) is 0 Å². The second kappa shape index (κ2) is 12.3. The van der Waals surface area contributed by atoms with Gasteiger partial charge in [-0.25, -0.2) is 0 Å². The van der Waals surface area contributed by atoms with Gasteiger partial charge < -0.3 is 20.1 Å². The molecule has 0 unspecified atom stereocenters. The van der Waals surface area contributed by atoms with Crippen molar-refractivity contribution in [3.05, 3.63) is 89.2 Å². The topological polar surface area (TPSA) is 107 Å². The summed E-state index contributed by atoms with van der Waals surface area (Å²) in [4.78, 5) is 25.7. The summed E-state index contributed by atoms with van der Waals surface area (Å²) < 4.78 is 12.7. The van der Waals surface area contributed by atoms with Gasteiger partial charge in [-0.3, -0.25) is 14.2 Å². The van der Waals surface area contributed by atoms with Crippen molar-refractivity contribution < 1.29 is 19.1 Å². The zero-order chi connectivity index (χ0) is 27.1. The van der Waals surface area contributed by atoms with Gasteiger partial charge in [0.05, 0.1) is 37.8 Å². The van der Waals surface area contributed by atoms with E-state index in [1.54, 1.807) is 35.9 Å². The average Bonchev–Trinajstić information content (AvgIpc) is 3.34.